The summed E-state index contributed by atoms with van der Waals surface area (Å²) in [5.74, 6) is 1.86. The molecule has 0 fully saturated rings. The van der Waals surface area contributed by atoms with Crippen molar-refractivity contribution in [1.82, 2.24) is 0 Å². The smallest absolute Gasteiger partial charge is 0.119 e. The topological polar surface area (TPSA) is 61.5 Å². The Morgan fingerprint density at radius 3 is 2.76 bits per heavy atom. The highest BCUT2D eigenvalue weighted by Crippen LogP contribution is 2.12. The van der Waals surface area contributed by atoms with Crippen LogP contribution in [0.4, 0.5) is 0 Å². The van der Waals surface area contributed by atoms with E-state index in [0.29, 0.717) is 31.3 Å². The number of hydrogen-bond donors (Lipinski definition) is 1. The van der Waals surface area contributed by atoms with Crippen LogP contribution in [-0.4, -0.2) is 36.0 Å². The zero-order valence-electron chi connectivity index (χ0n) is 10.1. The minimum atomic E-state index is -0.875. The van der Waals surface area contributed by atoms with Crippen LogP contribution < -0.4 is 10.5 Å². The SMILES string of the molecule is COCCS(=O)CCOc1cccc(CN)c1. The molecule has 0 aromatic heterocycles. The van der Waals surface area contributed by atoms with E-state index in [-0.39, 0.29) is 0 Å². The molecule has 1 rings (SSSR count). The fourth-order valence-corrected chi connectivity index (χ4v) is 2.12. The van der Waals surface area contributed by atoms with E-state index >= 15 is 0 Å². The summed E-state index contributed by atoms with van der Waals surface area (Å²) in [5.41, 5.74) is 6.56. The summed E-state index contributed by atoms with van der Waals surface area (Å²) in [6, 6.07) is 7.62. The van der Waals surface area contributed by atoms with E-state index < -0.39 is 10.8 Å². The van der Waals surface area contributed by atoms with Crippen molar-refractivity contribution in [1.29, 1.82) is 0 Å². The predicted molar refractivity (Wildman–Crippen MR) is 69.6 cm³/mol. The fraction of sp³-hybridized carbons (Fsp3) is 0.500. The lowest BCUT2D eigenvalue weighted by atomic mass is 10.2. The molecule has 0 bridgehead atoms. The molecule has 96 valence electrons. The number of hydrogen-bond acceptors (Lipinski definition) is 4. The highest BCUT2D eigenvalue weighted by atomic mass is 32.2. The highest BCUT2D eigenvalue weighted by Gasteiger charge is 2.00. The van der Waals surface area contributed by atoms with Crippen molar-refractivity contribution in [3.8, 4) is 5.75 Å². The van der Waals surface area contributed by atoms with Gasteiger partial charge in [0.05, 0.1) is 19.0 Å². The quantitative estimate of drug-likeness (QED) is 0.752. The number of rotatable bonds is 8. The second-order valence-corrected chi connectivity index (χ2v) is 5.24. The predicted octanol–water partition coefficient (Wildman–Crippen LogP) is 0.919. The summed E-state index contributed by atoms with van der Waals surface area (Å²) >= 11 is 0. The van der Waals surface area contributed by atoms with E-state index in [4.69, 9.17) is 15.2 Å². The van der Waals surface area contributed by atoms with Crippen molar-refractivity contribution in [3.63, 3.8) is 0 Å². The van der Waals surface area contributed by atoms with Crippen molar-refractivity contribution in [2.24, 2.45) is 5.73 Å². The molecule has 0 spiro atoms. The maximum atomic E-state index is 11.4. The Balaban J connectivity index is 2.28. The van der Waals surface area contributed by atoms with Crippen LogP contribution in [0.5, 0.6) is 5.75 Å². The van der Waals surface area contributed by atoms with Gasteiger partial charge in [-0.05, 0) is 17.7 Å². The van der Waals surface area contributed by atoms with E-state index in [1.54, 1.807) is 7.11 Å². The van der Waals surface area contributed by atoms with Gasteiger partial charge in [0.2, 0.25) is 0 Å². The largest absolute Gasteiger partial charge is 0.493 e. The molecule has 0 saturated heterocycles. The standard InChI is InChI=1S/C12H19NO3S/c1-15-5-7-17(14)8-6-16-12-4-2-3-11(9-12)10-13/h2-4,9H,5-8,10,13H2,1H3. The Hall–Kier alpha value is -0.910. The van der Waals surface area contributed by atoms with E-state index in [9.17, 15) is 4.21 Å². The van der Waals surface area contributed by atoms with Gasteiger partial charge in [0, 0.05) is 30.2 Å². The first kappa shape index (κ1) is 14.2. The zero-order valence-corrected chi connectivity index (χ0v) is 10.9. The molecule has 0 aliphatic rings. The molecule has 1 atom stereocenters. The van der Waals surface area contributed by atoms with Gasteiger partial charge in [-0.3, -0.25) is 4.21 Å². The summed E-state index contributed by atoms with van der Waals surface area (Å²) in [7, 11) is 0.728. The lowest BCUT2D eigenvalue weighted by molar-refractivity contribution is 0.218. The maximum absolute atomic E-state index is 11.4. The van der Waals surface area contributed by atoms with Gasteiger partial charge in [-0.2, -0.15) is 0 Å². The van der Waals surface area contributed by atoms with Gasteiger partial charge in [-0.15, -0.1) is 0 Å². The lowest BCUT2D eigenvalue weighted by Gasteiger charge is -2.07. The number of methoxy groups -OCH3 is 1. The average molecular weight is 257 g/mol. The van der Waals surface area contributed by atoms with Gasteiger partial charge >= 0.3 is 0 Å². The average Bonchev–Trinajstić information content (AvgIpc) is 2.36. The van der Waals surface area contributed by atoms with E-state index in [1.807, 2.05) is 24.3 Å². The second-order valence-electron chi connectivity index (χ2n) is 3.54. The molecule has 1 aromatic rings. The number of ether oxygens (including phenoxy) is 2. The first-order valence-electron chi connectivity index (χ1n) is 5.52. The Kier molecular flexibility index (Phi) is 6.84. The first-order valence-corrected chi connectivity index (χ1v) is 7.00. The first-order chi connectivity index (χ1) is 8.26. The third kappa shape index (κ3) is 5.81. The Labute approximate surface area is 105 Å². The van der Waals surface area contributed by atoms with Crippen LogP contribution in [0.15, 0.2) is 24.3 Å². The molecule has 1 aromatic carbocycles. The van der Waals surface area contributed by atoms with Crippen LogP contribution in [-0.2, 0) is 22.1 Å². The van der Waals surface area contributed by atoms with Crippen molar-refractivity contribution in [2.45, 2.75) is 6.54 Å². The van der Waals surface area contributed by atoms with Crippen molar-refractivity contribution in [2.75, 3.05) is 31.8 Å². The molecular formula is C12H19NO3S. The molecule has 5 heteroatoms. The maximum Gasteiger partial charge on any atom is 0.119 e. The highest BCUT2D eigenvalue weighted by molar-refractivity contribution is 7.85. The summed E-state index contributed by atoms with van der Waals surface area (Å²) < 4.78 is 21.8. The van der Waals surface area contributed by atoms with E-state index in [2.05, 4.69) is 0 Å². The molecule has 0 radical (unpaired) electrons. The van der Waals surface area contributed by atoms with Crippen LogP contribution in [0.2, 0.25) is 0 Å². The van der Waals surface area contributed by atoms with Gasteiger partial charge in [0.15, 0.2) is 0 Å². The van der Waals surface area contributed by atoms with Crippen LogP contribution >= 0.6 is 0 Å². The Bertz CT molecular complexity index is 357. The van der Waals surface area contributed by atoms with Crippen LogP contribution in [0, 0.1) is 0 Å². The Morgan fingerprint density at radius 1 is 1.29 bits per heavy atom. The van der Waals surface area contributed by atoms with Crippen LogP contribution in [0.3, 0.4) is 0 Å². The van der Waals surface area contributed by atoms with E-state index in [0.717, 1.165) is 11.3 Å². The van der Waals surface area contributed by atoms with Crippen LogP contribution in [0.1, 0.15) is 5.56 Å². The van der Waals surface area contributed by atoms with Gasteiger partial charge < -0.3 is 15.2 Å². The molecule has 1 unspecified atom stereocenters. The fourth-order valence-electron chi connectivity index (χ4n) is 1.29. The number of nitrogens with two attached hydrogens (primary N) is 1. The molecule has 0 heterocycles. The molecular weight excluding hydrogens is 238 g/mol. The summed E-state index contributed by atoms with van der Waals surface area (Å²) in [4.78, 5) is 0. The molecule has 4 nitrogen and oxygen atoms in total. The monoisotopic (exact) mass is 257 g/mol. The lowest BCUT2D eigenvalue weighted by Crippen LogP contribution is -2.13. The molecule has 0 saturated carbocycles. The third-order valence-corrected chi connectivity index (χ3v) is 3.47. The van der Waals surface area contributed by atoms with Crippen LogP contribution in [0.25, 0.3) is 0 Å². The van der Waals surface area contributed by atoms with Crippen molar-refractivity contribution >= 4 is 10.8 Å². The minimum absolute atomic E-state index is 0.449. The minimum Gasteiger partial charge on any atom is -0.493 e. The van der Waals surface area contributed by atoms with Gasteiger partial charge in [0.25, 0.3) is 0 Å². The number of benzene rings is 1. The van der Waals surface area contributed by atoms with Gasteiger partial charge in [-0.25, -0.2) is 0 Å². The van der Waals surface area contributed by atoms with Gasteiger partial charge in [-0.1, -0.05) is 12.1 Å². The van der Waals surface area contributed by atoms with Crippen molar-refractivity contribution < 1.29 is 13.7 Å². The van der Waals surface area contributed by atoms with Gasteiger partial charge in [0.1, 0.15) is 5.75 Å². The van der Waals surface area contributed by atoms with Crippen molar-refractivity contribution in [3.05, 3.63) is 29.8 Å². The normalized spacial score (nSPS) is 12.4. The molecule has 2 N–H and O–H groups in total. The third-order valence-electron chi connectivity index (χ3n) is 2.23. The zero-order chi connectivity index (χ0) is 12.5. The summed E-state index contributed by atoms with van der Waals surface area (Å²) in [6.07, 6.45) is 0. The molecule has 0 amide bonds. The molecule has 0 aliphatic heterocycles. The molecule has 0 aliphatic carbocycles. The van der Waals surface area contributed by atoms with E-state index in [1.165, 1.54) is 0 Å². The Morgan fingerprint density at radius 2 is 2.06 bits per heavy atom. The summed E-state index contributed by atoms with van der Waals surface area (Å²) in [6.45, 7) is 1.47. The molecule has 17 heavy (non-hydrogen) atoms. The second kappa shape index (κ2) is 8.22. The summed E-state index contributed by atoms with van der Waals surface area (Å²) in [5, 5.41) is 0.